The first kappa shape index (κ1) is 15.8. The lowest BCUT2D eigenvalue weighted by atomic mass is 10.2. The van der Waals surface area contributed by atoms with Gasteiger partial charge in [0.25, 0.3) is 5.91 Å². The third-order valence-corrected chi connectivity index (χ3v) is 2.65. The van der Waals surface area contributed by atoms with E-state index < -0.39 is 12.1 Å². The number of rotatable bonds is 6. The average molecular weight is 280 g/mol. The summed E-state index contributed by atoms with van der Waals surface area (Å²) in [4.78, 5) is 23.6. The minimum atomic E-state index is -0.865. The molecule has 1 amide bonds. The van der Waals surface area contributed by atoms with Crippen molar-refractivity contribution < 1.29 is 19.1 Å². The monoisotopic (exact) mass is 280 g/mol. The van der Waals surface area contributed by atoms with Gasteiger partial charge in [0.2, 0.25) is 0 Å². The van der Waals surface area contributed by atoms with Gasteiger partial charge in [0.05, 0.1) is 7.11 Å². The fourth-order valence-corrected chi connectivity index (χ4v) is 1.55. The van der Waals surface area contributed by atoms with Crippen LogP contribution in [0.1, 0.15) is 30.6 Å². The number of carbonyl (C=O) groups excluding carboxylic acids is 2. The summed E-state index contributed by atoms with van der Waals surface area (Å²) in [5.74, 6) is -0.633. The number of carbonyl (C=O) groups is 2. The highest BCUT2D eigenvalue weighted by atomic mass is 16.5. The van der Waals surface area contributed by atoms with Crippen LogP contribution in [-0.4, -0.2) is 31.6 Å². The number of hydrogen-bond donors (Lipinski definition) is 2. The van der Waals surface area contributed by atoms with Crippen LogP contribution in [0, 0.1) is 0 Å². The summed E-state index contributed by atoms with van der Waals surface area (Å²) in [5.41, 5.74) is 6.32. The standard InChI is InChI=1S/C14H20N2O4/c1-4-7-16-13(17)9(2)20-14(18)11-6-5-10(15)8-12(11)19-3/h5-6,8-9H,4,7,15H2,1-3H3,(H,16,17). The van der Waals surface area contributed by atoms with Gasteiger partial charge in [0.1, 0.15) is 11.3 Å². The molecule has 0 aliphatic carbocycles. The highest BCUT2D eigenvalue weighted by Crippen LogP contribution is 2.22. The Hall–Kier alpha value is -2.24. The first-order valence-corrected chi connectivity index (χ1v) is 6.41. The molecule has 0 radical (unpaired) electrons. The molecule has 0 aromatic heterocycles. The summed E-state index contributed by atoms with van der Waals surface area (Å²) in [6.45, 7) is 4.01. The third-order valence-electron chi connectivity index (χ3n) is 2.65. The Morgan fingerprint density at radius 3 is 2.70 bits per heavy atom. The van der Waals surface area contributed by atoms with E-state index in [4.69, 9.17) is 15.2 Å². The highest BCUT2D eigenvalue weighted by Gasteiger charge is 2.21. The molecule has 0 fully saturated rings. The Kier molecular flexibility index (Phi) is 5.83. The molecule has 0 heterocycles. The first-order chi connectivity index (χ1) is 9.49. The molecule has 6 nitrogen and oxygen atoms in total. The van der Waals surface area contributed by atoms with Crippen molar-refractivity contribution in [2.75, 3.05) is 19.4 Å². The zero-order valence-corrected chi connectivity index (χ0v) is 11.9. The van der Waals surface area contributed by atoms with Crippen molar-refractivity contribution in [3.63, 3.8) is 0 Å². The summed E-state index contributed by atoms with van der Waals surface area (Å²) < 4.78 is 10.2. The fourth-order valence-electron chi connectivity index (χ4n) is 1.55. The van der Waals surface area contributed by atoms with E-state index in [2.05, 4.69) is 5.32 Å². The zero-order valence-electron chi connectivity index (χ0n) is 11.9. The predicted molar refractivity (Wildman–Crippen MR) is 75.6 cm³/mol. The normalized spacial score (nSPS) is 11.6. The molecule has 0 aliphatic rings. The van der Waals surface area contributed by atoms with E-state index in [-0.39, 0.29) is 11.5 Å². The zero-order chi connectivity index (χ0) is 15.1. The molecule has 0 saturated carbocycles. The van der Waals surface area contributed by atoms with E-state index in [1.165, 1.54) is 26.2 Å². The molecule has 1 aromatic rings. The van der Waals surface area contributed by atoms with Crippen molar-refractivity contribution >= 4 is 17.6 Å². The topological polar surface area (TPSA) is 90.7 Å². The molecular formula is C14H20N2O4. The van der Waals surface area contributed by atoms with Gasteiger partial charge in [0.15, 0.2) is 6.10 Å². The molecule has 0 spiro atoms. The highest BCUT2D eigenvalue weighted by molar-refractivity contribution is 5.95. The summed E-state index contributed by atoms with van der Waals surface area (Å²) in [6.07, 6.45) is -0.0469. The molecule has 110 valence electrons. The fraction of sp³-hybridized carbons (Fsp3) is 0.429. The van der Waals surface area contributed by atoms with Crippen LogP contribution >= 0.6 is 0 Å². The molecule has 20 heavy (non-hydrogen) atoms. The van der Waals surface area contributed by atoms with Crippen molar-refractivity contribution in [3.05, 3.63) is 23.8 Å². The Labute approximate surface area is 118 Å². The minimum absolute atomic E-state index is 0.233. The van der Waals surface area contributed by atoms with Gasteiger partial charge in [-0.25, -0.2) is 4.79 Å². The Morgan fingerprint density at radius 1 is 1.40 bits per heavy atom. The van der Waals surface area contributed by atoms with Gasteiger partial charge < -0.3 is 20.5 Å². The molecule has 1 aromatic carbocycles. The molecule has 1 unspecified atom stereocenters. The number of amides is 1. The second kappa shape index (κ2) is 7.37. The number of benzene rings is 1. The Bertz CT molecular complexity index is 488. The maximum Gasteiger partial charge on any atom is 0.342 e. The van der Waals surface area contributed by atoms with Crippen molar-refractivity contribution in [2.45, 2.75) is 26.4 Å². The van der Waals surface area contributed by atoms with Crippen molar-refractivity contribution in [1.29, 1.82) is 0 Å². The number of nitrogen functional groups attached to an aromatic ring is 1. The number of anilines is 1. The van der Waals surface area contributed by atoms with Crippen LogP contribution in [0.15, 0.2) is 18.2 Å². The van der Waals surface area contributed by atoms with Gasteiger partial charge >= 0.3 is 5.97 Å². The van der Waals surface area contributed by atoms with E-state index in [1.807, 2.05) is 6.92 Å². The largest absolute Gasteiger partial charge is 0.496 e. The van der Waals surface area contributed by atoms with Crippen molar-refractivity contribution in [3.8, 4) is 5.75 Å². The van der Waals surface area contributed by atoms with Gasteiger partial charge in [-0.05, 0) is 25.5 Å². The van der Waals surface area contributed by atoms with E-state index >= 15 is 0 Å². The SMILES string of the molecule is CCCNC(=O)C(C)OC(=O)c1ccc(N)cc1OC. The third kappa shape index (κ3) is 4.15. The lowest BCUT2D eigenvalue weighted by Crippen LogP contribution is -2.36. The molecule has 0 saturated heterocycles. The number of hydrogen-bond acceptors (Lipinski definition) is 5. The number of esters is 1. The van der Waals surface area contributed by atoms with Gasteiger partial charge in [-0.2, -0.15) is 0 Å². The summed E-state index contributed by atoms with van der Waals surface area (Å²) >= 11 is 0. The van der Waals surface area contributed by atoms with Crippen LogP contribution in [0.2, 0.25) is 0 Å². The van der Waals surface area contributed by atoms with Gasteiger partial charge in [-0.3, -0.25) is 4.79 Å². The molecular weight excluding hydrogens is 260 g/mol. The lowest BCUT2D eigenvalue weighted by molar-refractivity contribution is -0.129. The van der Waals surface area contributed by atoms with Crippen LogP contribution in [-0.2, 0) is 9.53 Å². The molecule has 0 bridgehead atoms. The second-order valence-electron chi connectivity index (χ2n) is 4.30. The number of nitrogens with one attached hydrogen (secondary N) is 1. The molecule has 1 rings (SSSR count). The van der Waals surface area contributed by atoms with E-state index in [0.29, 0.717) is 18.0 Å². The summed E-state index contributed by atoms with van der Waals surface area (Å²) in [5, 5.41) is 2.66. The smallest absolute Gasteiger partial charge is 0.342 e. The predicted octanol–water partition coefficient (Wildman–Crippen LogP) is 1.35. The van der Waals surface area contributed by atoms with Gasteiger partial charge in [0, 0.05) is 18.3 Å². The van der Waals surface area contributed by atoms with Crippen LogP contribution in [0.3, 0.4) is 0 Å². The number of ether oxygens (including phenoxy) is 2. The Morgan fingerprint density at radius 2 is 2.10 bits per heavy atom. The molecule has 3 N–H and O–H groups in total. The first-order valence-electron chi connectivity index (χ1n) is 6.41. The van der Waals surface area contributed by atoms with Crippen LogP contribution in [0.5, 0.6) is 5.75 Å². The number of methoxy groups -OCH3 is 1. The summed E-state index contributed by atoms with van der Waals surface area (Å²) in [7, 11) is 1.43. The Balaban J connectivity index is 2.73. The van der Waals surface area contributed by atoms with E-state index in [0.717, 1.165) is 6.42 Å². The van der Waals surface area contributed by atoms with Crippen LogP contribution in [0.4, 0.5) is 5.69 Å². The van der Waals surface area contributed by atoms with Crippen molar-refractivity contribution in [1.82, 2.24) is 5.32 Å². The van der Waals surface area contributed by atoms with Crippen LogP contribution < -0.4 is 15.8 Å². The van der Waals surface area contributed by atoms with E-state index in [9.17, 15) is 9.59 Å². The number of nitrogens with two attached hydrogens (primary N) is 1. The molecule has 0 aliphatic heterocycles. The van der Waals surface area contributed by atoms with Crippen LogP contribution in [0.25, 0.3) is 0 Å². The van der Waals surface area contributed by atoms with Gasteiger partial charge in [-0.1, -0.05) is 6.92 Å². The lowest BCUT2D eigenvalue weighted by Gasteiger charge is -2.14. The molecule has 6 heteroatoms. The molecule has 1 atom stereocenters. The van der Waals surface area contributed by atoms with E-state index in [1.54, 1.807) is 6.07 Å². The average Bonchev–Trinajstić information content (AvgIpc) is 2.44. The van der Waals surface area contributed by atoms with Crippen molar-refractivity contribution in [2.24, 2.45) is 0 Å². The quantitative estimate of drug-likeness (QED) is 0.606. The van der Waals surface area contributed by atoms with Gasteiger partial charge in [-0.15, -0.1) is 0 Å². The maximum atomic E-state index is 12.0. The second-order valence-corrected chi connectivity index (χ2v) is 4.30. The maximum absolute atomic E-state index is 12.0. The minimum Gasteiger partial charge on any atom is -0.496 e. The summed E-state index contributed by atoms with van der Waals surface area (Å²) in [6, 6.07) is 4.60.